The lowest BCUT2D eigenvalue weighted by atomic mass is 10.3. The number of benzene rings is 2. The van der Waals surface area contributed by atoms with Gasteiger partial charge in [-0.25, -0.2) is 13.4 Å². The number of aromatic nitrogens is 2. The molecule has 0 saturated heterocycles. The summed E-state index contributed by atoms with van der Waals surface area (Å²) in [7, 11) is -3.82. The summed E-state index contributed by atoms with van der Waals surface area (Å²) < 4.78 is 35.0. The average Bonchev–Trinajstić information content (AvgIpc) is 3.17. The molecule has 2 aromatic carbocycles. The molecule has 0 aliphatic rings. The second-order valence-electron chi connectivity index (χ2n) is 5.99. The van der Waals surface area contributed by atoms with Gasteiger partial charge in [-0.3, -0.25) is 13.9 Å². The zero-order valence-electron chi connectivity index (χ0n) is 14.8. The number of nitrogens with zero attached hydrogens (tertiary/aromatic N) is 2. The Labute approximate surface area is 175 Å². The molecule has 0 aliphatic carbocycles. The molecule has 0 radical (unpaired) electrons. The van der Waals surface area contributed by atoms with Gasteiger partial charge in [-0.05, 0) is 30.3 Å². The molecule has 1 N–H and O–H groups in total. The summed E-state index contributed by atoms with van der Waals surface area (Å²) in [6, 6.07) is 14.0. The number of ether oxygens (including phenoxy) is 1. The van der Waals surface area contributed by atoms with E-state index in [0.29, 0.717) is 15.7 Å². The van der Waals surface area contributed by atoms with E-state index in [1.54, 1.807) is 41.9 Å². The van der Waals surface area contributed by atoms with E-state index in [2.05, 4.69) is 9.71 Å². The summed E-state index contributed by atoms with van der Waals surface area (Å²) >= 11 is 7.37. The van der Waals surface area contributed by atoms with Crippen molar-refractivity contribution in [2.24, 2.45) is 0 Å². The van der Waals surface area contributed by atoms with E-state index in [9.17, 15) is 13.2 Å². The molecular formula is C19H14ClN3O4S2. The first-order chi connectivity index (χ1) is 13.9. The molecule has 4 rings (SSSR count). The lowest BCUT2D eigenvalue weighted by Gasteiger charge is -2.14. The lowest BCUT2D eigenvalue weighted by molar-refractivity contribution is 0.303. The van der Waals surface area contributed by atoms with E-state index in [0.717, 1.165) is 0 Å². The van der Waals surface area contributed by atoms with Crippen LogP contribution in [0.5, 0.6) is 5.75 Å². The zero-order valence-corrected chi connectivity index (χ0v) is 17.2. The maximum Gasteiger partial charge on any atom is 0.262 e. The Kier molecular flexibility index (Phi) is 5.27. The molecule has 0 unspecified atom stereocenters. The second-order valence-corrected chi connectivity index (χ2v) is 8.98. The van der Waals surface area contributed by atoms with Crippen LogP contribution in [-0.4, -0.2) is 17.8 Å². The van der Waals surface area contributed by atoms with Crippen LogP contribution in [0.15, 0.2) is 75.9 Å². The fourth-order valence-corrected chi connectivity index (χ4v) is 4.62. The molecule has 0 amide bonds. The molecular weight excluding hydrogens is 434 g/mol. The molecule has 4 aromatic rings. The first-order valence-corrected chi connectivity index (χ1v) is 11.1. The van der Waals surface area contributed by atoms with Gasteiger partial charge in [0.2, 0.25) is 0 Å². The van der Waals surface area contributed by atoms with E-state index in [1.165, 1.54) is 40.0 Å². The van der Waals surface area contributed by atoms with Gasteiger partial charge in [-0.15, -0.1) is 11.3 Å². The van der Waals surface area contributed by atoms with Crippen molar-refractivity contribution in [3.63, 3.8) is 0 Å². The highest BCUT2D eigenvalue weighted by Gasteiger charge is 2.17. The van der Waals surface area contributed by atoms with Crippen LogP contribution >= 0.6 is 22.9 Å². The van der Waals surface area contributed by atoms with Crippen molar-refractivity contribution in [3.05, 3.63) is 87.2 Å². The van der Waals surface area contributed by atoms with Crippen molar-refractivity contribution in [2.45, 2.75) is 11.5 Å². The van der Waals surface area contributed by atoms with Crippen LogP contribution in [0.3, 0.4) is 0 Å². The van der Waals surface area contributed by atoms with Gasteiger partial charge in [0.05, 0.1) is 16.3 Å². The third kappa shape index (κ3) is 4.26. The number of sulfonamides is 1. The van der Waals surface area contributed by atoms with Crippen LogP contribution in [0.25, 0.3) is 4.96 Å². The SMILES string of the molecule is O=c1cc(COc2ccc(Cl)cc2NS(=O)(=O)c2ccccc2)nc2sccn12. The summed E-state index contributed by atoms with van der Waals surface area (Å²) in [4.78, 5) is 17.1. The Hall–Kier alpha value is -2.88. The summed E-state index contributed by atoms with van der Waals surface area (Å²) in [5.41, 5.74) is 0.413. The summed E-state index contributed by atoms with van der Waals surface area (Å²) in [6.45, 7) is -0.00859. The van der Waals surface area contributed by atoms with Crippen molar-refractivity contribution in [1.29, 1.82) is 0 Å². The lowest BCUT2D eigenvalue weighted by Crippen LogP contribution is -2.15. The molecule has 10 heteroatoms. The number of fused-ring (bicyclic) bond motifs is 1. The van der Waals surface area contributed by atoms with Crippen molar-refractivity contribution in [3.8, 4) is 5.75 Å². The topological polar surface area (TPSA) is 89.8 Å². The summed E-state index contributed by atoms with van der Waals surface area (Å²) in [6.07, 6.45) is 1.65. The van der Waals surface area contributed by atoms with Crippen molar-refractivity contribution < 1.29 is 13.2 Å². The van der Waals surface area contributed by atoms with Gasteiger partial charge in [-0.2, -0.15) is 0 Å². The Morgan fingerprint density at radius 1 is 1.14 bits per heavy atom. The van der Waals surface area contributed by atoms with Gasteiger partial charge >= 0.3 is 0 Å². The van der Waals surface area contributed by atoms with Crippen molar-refractivity contribution in [1.82, 2.24) is 9.38 Å². The van der Waals surface area contributed by atoms with Gasteiger partial charge in [-0.1, -0.05) is 29.8 Å². The highest BCUT2D eigenvalue weighted by atomic mass is 35.5. The Morgan fingerprint density at radius 3 is 2.72 bits per heavy atom. The van der Waals surface area contributed by atoms with Crippen LogP contribution in [0.1, 0.15) is 5.69 Å². The van der Waals surface area contributed by atoms with Crippen LogP contribution < -0.4 is 15.0 Å². The highest BCUT2D eigenvalue weighted by Crippen LogP contribution is 2.30. The van der Waals surface area contributed by atoms with E-state index >= 15 is 0 Å². The smallest absolute Gasteiger partial charge is 0.262 e. The maximum atomic E-state index is 12.6. The molecule has 7 nitrogen and oxygen atoms in total. The van der Waals surface area contributed by atoms with E-state index in [1.807, 2.05) is 0 Å². The number of hydrogen-bond donors (Lipinski definition) is 1. The third-order valence-electron chi connectivity index (χ3n) is 3.97. The highest BCUT2D eigenvalue weighted by molar-refractivity contribution is 7.92. The number of thiazole rings is 1. The van der Waals surface area contributed by atoms with E-state index in [4.69, 9.17) is 16.3 Å². The monoisotopic (exact) mass is 447 g/mol. The number of nitrogens with one attached hydrogen (secondary N) is 1. The van der Waals surface area contributed by atoms with Crippen LogP contribution in [0.4, 0.5) is 5.69 Å². The van der Waals surface area contributed by atoms with Crippen molar-refractivity contribution in [2.75, 3.05) is 4.72 Å². The molecule has 29 heavy (non-hydrogen) atoms. The summed E-state index contributed by atoms with van der Waals surface area (Å²) in [5.74, 6) is 0.266. The molecule has 148 valence electrons. The fourth-order valence-electron chi connectivity index (χ4n) is 2.62. The van der Waals surface area contributed by atoms with Gasteiger partial charge in [0.25, 0.3) is 15.6 Å². The largest absolute Gasteiger partial charge is 0.485 e. The van der Waals surface area contributed by atoms with Gasteiger partial charge in [0.1, 0.15) is 12.4 Å². The molecule has 2 heterocycles. The molecule has 0 saturated carbocycles. The minimum Gasteiger partial charge on any atom is -0.485 e. The van der Waals surface area contributed by atoms with E-state index in [-0.39, 0.29) is 28.5 Å². The minimum absolute atomic E-state index is 0.00859. The molecule has 0 aliphatic heterocycles. The maximum absolute atomic E-state index is 12.6. The van der Waals surface area contributed by atoms with Crippen molar-refractivity contribution >= 4 is 43.6 Å². The normalized spacial score (nSPS) is 11.5. The Morgan fingerprint density at radius 2 is 1.93 bits per heavy atom. The molecule has 0 fully saturated rings. The first kappa shape index (κ1) is 19.4. The van der Waals surface area contributed by atoms with Crippen LogP contribution in [0.2, 0.25) is 5.02 Å². The minimum atomic E-state index is -3.82. The third-order valence-corrected chi connectivity index (χ3v) is 6.34. The number of halogens is 1. The fraction of sp³-hybridized carbons (Fsp3) is 0.0526. The number of anilines is 1. The first-order valence-electron chi connectivity index (χ1n) is 8.38. The molecule has 2 aromatic heterocycles. The molecule has 0 atom stereocenters. The zero-order chi connectivity index (χ0) is 20.4. The van der Waals surface area contributed by atoms with E-state index < -0.39 is 10.0 Å². The Bertz CT molecular complexity index is 1330. The summed E-state index contributed by atoms with van der Waals surface area (Å²) in [5, 5.41) is 2.11. The molecule has 0 spiro atoms. The van der Waals surface area contributed by atoms with Gasteiger partial charge in [0, 0.05) is 22.7 Å². The quantitative estimate of drug-likeness (QED) is 0.485. The van der Waals surface area contributed by atoms with Crippen LogP contribution in [-0.2, 0) is 16.6 Å². The molecule has 0 bridgehead atoms. The standard InChI is InChI=1S/C19H14ClN3O4S2/c20-13-6-7-17(16(10-13)22-29(25,26)15-4-2-1-3-5-15)27-12-14-11-18(24)23-8-9-28-19(23)21-14/h1-11,22H,12H2. The number of rotatable bonds is 6. The Balaban J connectivity index is 1.60. The second kappa shape index (κ2) is 7.86. The average molecular weight is 448 g/mol. The van der Waals surface area contributed by atoms with Gasteiger partial charge in [0.15, 0.2) is 4.96 Å². The van der Waals surface area contributed by atoms with Gasteiger partial charge < -0.3 is 4.74 Å². The number of hydrogen-bond acceptors (Lipinski definition) is 6. The van der Waals surface area contributed by atoms with Crippen LogP contribution in [0, 0.1) is 0 Å². The predicted octanol–water partition coefficient (Wildman–Crippen LogP) is 3.79. The predicted molar refractivity (Wildman–Crippen MR) is 112 cm³/mol.